The van der Waals surface area contributed by atoms with E-state index in [2.05, 4.69) is 36.1 Å². The van der Waals surface area contributed by atoms with Crippen molar-refractivity contribution in [2.75, 3.05) is 46.8 Å². The van der Waals surface area contributed by atoms with Crippen LogP contribution >= 0.6 is 0 Å². The Labute approximate surface area is 111 Å². The summed E-state index contributed by atoms with van der Waals surface area (Å²) in [6.07, 6.45) is 2.33. The lowest BCUT2D eigenvalue weighted by Crippen LogP contribution is -2.44. The molecule has 2 atom stereocenters. The largest absolute Gasteiger partial charge is 0.342 e. The van der Waals surface area contributed by atoms with E-state index in [0.717, 1.165) is 38.6 Å². The van der Waals surface area contributed by atoms with Crippen LogP contribution in [0.4, 0.5) is 0 Å². The van der Waals surface area contributed by atoms with Crippen LogP contribution in [0.2, 0.25) is 0 Å². The van der Waals surface area contributed by atoms with E-state index in [9.17, 15) is 4.79 Å². The molecule has 0 aliphatic carbocycles. The number of carbonyl (C=O) groups is 1. The smallest absolute Gasteiger partial charge is 0.227 e. The van der Waals surface area contributed by atoms with Gasteiger partial charge in [-0.05, 0) is 45.3 Å². The molecular formula is C14H27N3O. The van der Waals surface area contributed by atoms with Crippen molar-refractivity contribution in [3.05, 3.63) is 0 Å². The Morgan fingerprint density at radius 2 is 1.94 bits per heavy atom. The summed E-state index contributed by atoms with van der Waals surface area (Å²) in [4.78, 5) is 16.8. The summed E-state index contributed by atoms with van der Waals surface area (Å²) >= 11 is 0. The number of nitrogens with one attached hydrogen (secondary N) is 1. The monoisotopic (exact) mass is 253 g/mol. The number of piperidine rings is 1. The highest BCUT2D eigenvalue weighted by molar-refractivity contribution is 5.79. The third-order valence-electron chi connectivity index (χ3n) is 4.38. The van der Waals surface area contributed by atoms with E-state index >= 15 is 0 Å². The zero-order chi connectivity index (χ0) is 13.1. The molecule has 0 aromatic heterocycles. The summed E-state index contributed by atoms with van der Waals surface area (Å²) in [5.74, 6) is 1.87. The molecule has 18 heavy (non-hydrogen) atoms. The van der Waals surface area contributed by atoms with Gasteiger partial charge in [0.2, 0.25) is 5.91 Å². The molecule has 0 bridgehead atoms. The van der Waals surface area contributed by atoms with Crippen molar-refractivity contribution < 1.29 is 4.79 Å². The third kappa shape index (κ3) is 3.23. The Morgan fingerprint density at radius 1 is 1.28 bits per heavy atom. The molecule has 0 saturated carbocycles. The van der Waals surface area contributed by atoms with Crippen LogP contribution < -0.4 is 5.32 Å². The summed E-state index contributed by atoms with van der Waals surface area (Å²) in [5, 5.41) is 3.32. The van der Waals surface area contributed by atoms with Gasteiger partial charge < -0.3 is 15.1 Å². The van der Waals surface area contributed by atoms with E-state index in [1.807, 2.05) is 0 Å². The second-order valence-corrected chi connectivity index (χ2v) is 6.27. The first-order valence-electron chi connectivity index (χ1n) is 7.22. The molecule has 2 rings (SSSR count). The van der Waals surface area contributed by atoms with E-state index in [1.165, 1.54) is 12.8 Å². The molecule has 0 unspecified atom stereocenters. The Balaban J connectivity index is 1.80. The molecular weight excluding hydrogens is 226 g/mol. The van der Waals surface area contributed by atoms with Crippen LogP contribution in [0.1, 0.15) is 19.8 Å². The van der Waals surface area contributed by atoms with Crippen LogP contribution in [0.3, 0.4) is 0 Å². The molecule has 2 aliphatic heterocycles. The van der Waals surface area contributed by atoms with Gasteiger partial charge in [0.25, 0.3) is 0 Å². The highest BCUT2D eigenvalue weighted by Crippen LogP contribution is 2.23. The molecule has 104 valence electrons. The predicted octanol–water partition coefficient (Wildman–Crippen LogP) is 0.642. The average molecular weight is 253 g/mol. The summed E-state index contributed by atoms with van der Waals surface area (Å²) in [5.41, 5.74) is 0. The van der Waals surface area contributed by atoms with Gasteiger partial charge in [0.15, 0.2) is 0 Å². The van der Waals surface area contributed by atoms with Gasteiger partial charge in [-0.2, -0.15) is 0 Å². The molecule has 2 saturated heterocycles. The maximum atomic E-state index is 12.4. The predicted molar refractivity (Wildman–Crippen MR) is 73.4 cm³/mol. The maximum absolute atomic E-state index is 12.4. The lowest BCUT2D eigenvalue weighted by molar-refractivity contribution is -0.137. The Morgan fingerprint density at radius 3 is 2.44 bits per heavy atom. The molecule has 0 aromatic rings. The minimum absolute atomic E-state index is 0.218. The van der Waals surface area contributed by atoms with E-state index in [0.29, 0.717) is 11.8 Å². The summed E-state index contributed by atoms with van der Waals surface area (Å²) in [7, 11) is 4.26. The van der Waals surface area contributed by atoms with Gasteiger partial charge in [-0.25, -0.2) is 0 Å². The van der Waals surface area contributed by atoms with Crippen LogP contribution in [0, 0.1) is 17.8 Å². The van der Waals surface area contributed by atoms with Gasteiger partial charge in [-0.3, -0.25) is 4.79 Å². The van der Waals surface area contributed by atoms with Gasteiger partial charge in [-0.15, -0.1) is 0 Å². The van der Waals surface area contributed by atoms with Crippen LogP contribution in [-0.4, -0.2) is 62.5 Å². The van der Waals surface area contributed by atoms with Crippen molar-refractivity contribution in [3.8, 4) is 0 Å². The zero-order valence-electron chi connectivity index (χ0n) is 12.0. The van der Waals surface area contributed by atoms with Crippen molar-refractivity contribution in [1.29, 1.82) is 0 Å². The Kier molecular flexibility index (Phi) is 4.62. The fourth-order valence-corrected chi connectivity index (χ4v) is 3.23. The van der Waals surface area contributed by atoms with E-state index in [-0.39, 0.29) is 5.92 Å². The van der Waals surface area contributed by atoms with E-state index in [1.54, 1.807) is 0 Å². The topological polar surface area (TPSA) is 35.6 Å². The average Bonchev–Trinajstić information content (AvgIpc) is 2.75. The fourth-order valence-electron chi connectivity index (χ4n) is 3.23. The number of carbonyl (C=O) groups excluding carboxylic acids is 1. The van der Waals surface area contributed by atoms with Crippen molar-refractivity contribution in [3.63, 3.8) is 0 Å². The van der Waals surface area contributed by atoms with Crippen LogP contribution in [-0.2, 0) is 4.79 Å². The van der Waals surface area contributed by atoms with Crippen LogP contribution in [0.15, 0.2) is 0 Å². The van der Waals surface area contributed by atoms with Gasteiger partial charge in [0.05, 0.1) is 5.92 Å². The molecule has 4 heteroatoms. The number of likely N-dealkylation sites (tertiary alicyclic amines) is 1. The fraction of sp³-hybridized carbons (Fsp3) is 0.929. The standard InChI is InChI=1S/C14H27N3O/c1-11-8-15-9-13(11)14(18)17-6-4-12(5-7-17)10-16(2)3/h11-13,15H,4-10H2,1-3H3/t11-,13-/m1/s1. The van der Waals surface area contributed by atoms with Crippen LogP contribution in [0.5, 0.6) is 0 Å². The number of hydrogen-bond donors (Lipinski definition) is 1. The Bertz CT molecular complexity index is 285. The first-order chi connectivity index (χ1) is 8.58. The Hall–Kier alpha value is -0.610. The molecule has 0 spiro atoms. The zero-order valence-corrected chi connectivity index (χ0v) is 12.0. The number of hydrogen-bond acceptors (Lipinski definition) is 3. The first kappa shape index (κ1) is 13.8. The lowest BCUT2D eigenvalue weighted by atomic mass is 9.92. The highest BCUT2D eigenvalue weighted by atomic mass is 16.2. The number of rotatable bonds is 3. The molecule has 0 radical (unpaired) electrons. The number of nitrogens with zero attached hydrogens (tertiary/aromatic N) is 2. The molecule has 2 heterocycles. The first-order valence-corrected chi connectivity index (χ1v) is 7.22. The molecule has 2 fully saturated rings. The normalized spacial score (nSPS) is 30.1. The second-order valence-electron chi connectivity index (χ2n) is 6.27. The van der Waals surface area contributed by atoms with Crippen molar-refractivity contribution in [2.24, 2.45) is 17.8 Å². The molecule has 0 aromatic carbocycles. The molecule has 1 amide bonds. The second kappa shape index (κ2) is 6.02. The van der Waals surface area contributed by atoms with Crippen molar-refractivity contribution >= 4 is 5.91 Å². The summed E-state index contributed by atoms with van der Waals surface area (Å²) in [6, 6.07) is 0. The lowest BCUT2D eigenvalue weighted by Gasteiger charge is -2.35. The highest BCUT2D eigenvalue weighted by Gasteiger charge is 2.34. The molecule has 4 nitrogen and oxygen atoms in total. The van der Waals surface area contributed by atoms with E-state index < -0.39 is 0 Å². The van der Waals surface area contributed by atoms with Crippen molar-refractivity contribution in [1.82, 2.24) is 15.1 Å². The minimum atomic E-state index is 0.218. The van der Waals surface area contributed by atoms with Crippen molar-refractivity contribution in [2.45, 2.75) is 19.8 Å². The van der Waals surface area contributed by atoms with Gasteiger partial charge in [-0.1, -0.05) is 6.92 Å². The summed E-state index contributed by atoms with van der Waals surface area (Å²) in [6.45, 7) is 7.12. The SMILES string of the molecule is C[C@@H]1CNC[C@H]1C(=O)N1CCC(CN(C)C)CC1. The van der Waals surface area contributed by atoms with Gasteiger partial charge in [0.1, 0.15) is 0 Å². The number of amides is 1. The maximum Gasteiger partial charge on any atom is 0.227 e. The van der Waals surface area contributed by atoms with E-state index in [4.69, 9.17) is 0 Å². The molecule has 2 aliphatic rings. The molecule has 1 N–H and O–H groups in total. The minimum Gasteiger partial charge on any atom is -0.342 e. The quantitative estimate of drug-likeness (QED) is 0.802. The summed E-state index contributed by atoms with van der Waals surface area (Å²) < 4.78 is 0. The van der Waals surface area contributed by atoms with Gasteiger partial charge in [0, 0.05) is 26.2 Å². The van der Waals surface area contributed by atoms with Gasteiger partial charge >= 0.3 is 0 Å². The third-order valence-corrected chi connectivity index (χ3v) is 4.38. The van der Waals surface area contributed by atoms with Crippen LogP contribution in [0.25, 0.3) is 0 Å².